The zero-order valence-electron chi connectivity index (χ0n) is 10.2. The van der Waals surface area contributed by atoms with E-state index in [0.29, 0.717) is 6.04 Å². The molecule has 1 aliphatic rings. The zero-order chi connectivity index (χ0) is 13.1. The molecule has 1 amide bonds. The van der Waals surface area contributed by atoms with Crippen LogP contribution in [0, 0.1) is 3.57 Å². The molecule has 1 aromatic rings. The van der Waals surface area contributed by atoms with Gasteiger partial charge in [-0.2, -0.15) is 0 Å². The minimum Gasteiger partial charge on any atom is -0.381 e. The van der Waals surface area contributed by atoms with Crippen LogP contribution < -0.4 is 5.32 Å². The Morgan fingerprint density at radius 2 is 2.11 bits per heavy atom. The van der Waals surface area contributed by atoms with Crippen LogP contribution in [0.25, 0.3) is 0 Å². The number of likely N-dealkylation sites (tertiary alicyclic amines) is 1. The van der Waals surface area contributed by atoms with Crippen LogP contribution in [0.3, 0.4) is 0 Å². The summed E-state index contributed by atoms with van der Waals surface area (Å²) in [5.41, 5.74) is 0.985. The fourth-order valence-electron chi connectivity index (χ4n) is 2.17. The van der Waals surface area contributed by atoms with E-state index in [-0.39, 0.29) is 5.91 Å². The molecule has 18 heavy (non-hydrogen) atoms. The van der Waals surface area contributed by atoms with Crippen molar-refractivity contribution >= 4 is 45.8 Å². The van der Waals surface area contributed by atoms with Crippen molar-refractivity contribution in [3.8, 4) is 0 Å². The molecule has 0 radical (unpaired) electrons. The Bertz CT molecular complexity index is 445. The van der Waals surface area contributed by atoms with Crippen LogP contribution in [0.4, 0.5) is 5.69 Å². The summed E-state index contributed by atoms with van der Waals surface area (Å²) < 4.78 is 1.13. The smallest absolute Gasteiger partial charge is 0.219 e. The molecule has 0 aromatic heterocycles. The van der Waals surface area contributed by atoms with E-state index in [1.54, 1.807) is 6.92 Å². The van der Waals surface area contributed by atoms with Gasteiger partial charge >= 0.3 is 0 Å². The van der Waals surface area contributed by atoms with E-state index in [4.69, 9.17) is 11.6 Å². The normalized spacial score (nSPS) is 16.7. The highest BCUT2D eigenvalue weighted by Gasteiger charge is 2.20. The number of nitrogens with one attached hydrogen (secondary N) is 1. The lowest BCUT2D eigenvalue weighted by atomic mass is 10.0. The molecule has 1 heterocycles. The number of benzene rings is 1. The van der Waals surface area contributed by atoms with Gasteiger partial charge in [-0.1, -0.05) is 11.6 Å². The highest BCUT2D eigenvalue weighted by molar-refractivity contribution is 14.1. The lowest BCUT2D eigenvalue weighted by molar-refractivity contribution is -0.129. The third-order valence-corrected chi connectivity index (χ3v) is 4.21. The molecule has 2 rings (SSSR count). The second kappa shape index (κ2) is 6.10. The van der Waals surface area contributed by atoms with Crippen LogP contribution in [0.2, 0.25) is 5.02 Å². The van der Waals surface area contributed by atoms with Gasteiger partial charge < -0.3 is 10.2 Å². The molecule has 1 aliphatic heterocycles. The number of anilines is 1. The van der Waals surface area contributed by atoms with E-state index in [0.717, 1.165) is 40.2 Å². The van der Waals surface area contributed by atoms with Gasteiger partial charge in [-0.3, -0.25) is 4.79 Å². The van der Waals surface area contributed by atoms with E-state index in [1.807, 2.05) is 23.1 Å². The average molecular weight is 379 g/mol. The third-order valence-electron chi connectivity index (χ3n) is 3.23. The van der Waals surface area contributed by atoms with Crippen molar-refractivity contribution in [1.29, 1.82) is 0 Å². The molecule has 5 heteroatoms. The van der Waals surface area contributed by atoms with Crippen molar-refractivity contribution in [1.82, 2.24) is 4.90 Å². The number of piperidine rings is 1. The molecule has 0 spiro atoms. The molecule has 0 saturated carbocycles. The Hall–Kier alpha value is -0.490. The summed E-state index contributed by atoms with van der Waals surface area (Å²) in [6, 6.07) is 6.41. The maximum absolute atomic E-state index is 11.2. The molecule has 0 atom stereocenters. The van der Waals surface area contributed by atoms with Crippen LogP contribution in [-0.2, 0) is 4.79 Å². The highest BCUT2D eigenvalue weighted by Crippen LogP contribution is 2.26. The molecule has 1 saturated heterocycles. The molecule has 1 fully saturated rings. The first-order chi connectivity index (χ1) is 8.56. The number of carbonyl (C=O) groups is 1. The van der Waals surface area contributed by atoms with E-state index < -0.39 is 0 Å². The lowest BCUT2D eigenvalue weighted by Gasteiger charge is -2.32. The predicted octanol–water partition coefficient (Wildman–Crippen LogP) is 3.37. The van der Waals surface area contributed by atoms with Crippen molar-refractivity contribution < 1.29 is 4.79 Å². The van der Waals surface area contributed by atoms with Gasteiger partial charge in [-0.05, 0) is 53.6 Å². The number of halogens is 2. The van der Waals surface area contributed by atoms with Gasteiger partial charge in [-0.25, -0.2) is 0 Å². The summed E-state index contributed by atoms with van der Waals surface area (Å²) >= 11 is 8.44. The molecule has 1 N–H and O–H groups in total. The lowest BCUT2D eigenvalue weighted by Crippen LogP contribution is -2.41. The second-order valence-corrected chi connectivity index (χ2v) is 6.20. The number of rotatable bonds is 2. The summed E-state index contributed by atoms with van der Waals surface area (Å²) in [7, 11) is 0. The first-order valence-electron chi connectivity index (χ1n) is 6.03. The van der Waals surface area contributed by atoms with Crippen LogP contribution in [0.1, 0.15) is 19.8 Å². The summed E-state index contributed by atoms with van der Waals surface area (Å²) in [5.74, 6) is 0.167. The fourth-order valence-corrected chi connectivity index (χ4v) is 3.08. The molecular formula is C13H16ClIN2O. The van der Waals surface area contributed by atoms with E-state index in [2.05, 4.69) is 27.9 Å². The number of hydrogen-bond donors (Lipinski definition) is 1. The van der Waals surface area contributed by atoms with E-state index in [9.17, 15) is 4.79 Å². The summed E-state index contributed by atoms with van der Waals surface area (Å²) in [4.78, 5) is 13.1. The standard InChI is InChI=1S/C13H16ClIN2O/c1-9(18)17-6-4-11(5-7-17)16-13-3-2-10(15)8-12(13)14/h2-3,8,11,16H,4-7H2,1H3. The largest absolute Gasteiger partial charge is 0.381 e. The molecule has 0 aliphatic carbocycles. The average Bonchev–Trinajstić information content (AvgIpc) is 2.33. The fraction of sp³-hybridized carbons (Fsp3) is 0.462. The van der Waals surface area contributed by atoms with Crippen molar-refractivity contribution in [2.75, 3.05) is 18.4 Å². The summed E-state index contributed by atoms with van der Waals surface area (Å²) in [6.07, 6.45) is 1.95. The van der Waals surface area contributed by atoms with Gasteiger partial charge in [0.25, 0.3) is 0 Å². The Balaban J connectivity index is 1.93. The minimum absolute atomic E-state index is 0.167. The number of amides is 1. The molecule has 98 valence electrons. The Labute approximate surface area is 126 Å². The van der Waals surface area contributed by atoms with Gasteiger partial charge in [0.15, 0.2) is 0 Å². The van der Waals surface area contributed by atoms with Gasteiger partial charge in [0.05, 0.1) is 10.7 Å². The molecule has 0 unspecified atom stereocenters. The highest BCUT2D eigenvalue weighted by atomic mass is 127. The first kappa shape index (κ1) is 13.9. The van der Waals surface area contributed by atoms with Crippen LogP contribution >= 0.6 is 34.2 Å². The molecular weight excluding hydrogens is 363 g/mol. The summed E-state index contributed by atoms with van der Waals surface area (Å²) in [6.45, 7) is 3.29. The second-order valence-electron chi connectivity index (χ2n) is 4.55. The number of hydrogen-bond acceptors (Lipinski definition) is 2. The summed E-state index contributed by atoms with van der Waals surface area (Å²) in [5, 5.41) is 4.22. The number of nitrogens with zero attached hydrogens (tertiary/aromatic N) is 1. The Morgan fingerprint density at radius 1 is 1.44 bits per heavy atom. The van der Waals surface area contributed by atoms with E-state index >= 15 is 0 Å². The SMILES string of the molecule is CC(=O)N1CCC(Nc2ccc(I)cc2Cl)CC1. The number of carbonyl (C=O) groups excluding carboxylic acids is 1. The van der Waals surface area contributed by atoms with Gasteiger partial charge in [0, 0.05) is 29.6 Å². The quantitative estimate of drug-likeness (QED) is 0.800. The minimum atomic E-state index is 0.167. The third kappa shape index (κ3) is 3.51. The maximum Gasteiger partial charge on any atom is 0.219 e. The van der Waals surface area contributed by atoms with Crippen molar-refractivity contribution in [3.63, 3.8) is 0 Å². The molecule has 0 bridgehead atoms. The van der Waals surface area contributed by atoms with Crippen LogP contribution in [0.5, 0.6) is 0 Å². The van der Waals surface area contributed by atoms with E-state index in [1.165, 1.54) is 0 Å². The van der Waals surface area contributed by atoms with Gasteiger partial charge in [0.1, 0.15) is 0 Å². The molecule has 1 aromatic carbocycles. The van der Waals surface area contributed by atoms with Gasteiger partial charge in [0.2, 0.25) is 5.91 Å². The van der Waals surface area contributed by atoms with Crippen molar-refractivity contribution in [2.24, 2.45) is 0 Å². The Kier molecular flexibility index (Phi) is 4.72. The Morgan fingerprint density at radius 3 is 2.67 bits per heavy atom. The zero-order valence-corrected chi connectivity index (χ0v) is 13.2. The first-order valence-corrected chi connectivity index (χ1v) is 7.49. The van der Waals surface area contributed by atoms with Crippen LogP contribution in [0.15, 0.2) is 18.2 Å². The van der Waals surface area contributed by atoms with Crippen LogP contribution in [-0.4, -0.2) is 29.9 Å². The van der Waals surface area contributed by atoms with Gasteiger partial charge in [-0.15, -0.1) is 0 Å². The topological polar surface area (TPSA) is 32.3 Å². The van der Waals surface area contributed by atoms with Crippen molar-refractivity contribution in [2.45, 2.75) is 25.8 Å². The monoisotopic (exact) mass is 378 g/mol. The maximum atomic E-state index is 11.2. The van der Waals surface area contributed by atoms with Crippen molar-refractivity contribution in [3.05, 3.63) is 26.8 Å². The molecule has 3 nitrogen and oxygen atoms in total. The predicted molar refractivity (Wildman–Crippen MR) is 83.1 cm³/mol.